The van der Waals surface area contributed by atoms with Gasteiger partial charge in [0, 0.05) is 19.2 Å². The van der Waals surface area contributed by atoms with Gasteiger partial charge in [0.05, 0.1) is 4.88 Å². The Kier molecular flexibility index (Phi) is 5.09. The molecule has 1 N–H and O–H groups in total. The van der Waals surface area contributed by atoms with E-state index in [9.17, 15) is 9.59 Å². The van der Waals surface area contributed by atoms with Crippen molar-refractivity contribution >= 4 is 29.3 Å². The maximum Gasteiger partial charge on any atom is 0.328 e. The van der Waals surface area contributed by atoms with Crippen LogP contribution in [0.5, 0.6) is 0 Å². The van der Waals surface area contributed by atoms with Crippen molar-refractivity contribution in [2.75, 3.05) is 7.05 Å². The van der Waals surface area contributed by atoms with E-state index in [0.29, 0.717) is 10.4 Å². The Bertz CT molecular complexity index is 465. The molecule has 0 spiro atoms. The van der Waals surface area contributed by atoms with E-state index in [0.717, 1.165) is 12.5 Å². The lowest BCUT2D eigenvalue weighted by atomic mass is 10.2. The fourth-order valence-corrected chi connectivity index (χ4v) is 2.29. The first-order chi connectivity index (χ1) is 8.47. The van der Waals surface area contributed by atoms with Gasteiger partial charge in [-0.25, -0.2) is 4.79 Å². The number of carbonyl (C=O) groups excluding carboxylic acids is 1. The summed E-state index contributed by atoms with van der Waals surface area (Å²) >= 11 is 1.33. The minimum atomic E-state index is -1.02. The molecule has 0 bridgehead atoms. The van der Waals surface area contributed by atoms with E-state index in [-0.39, 0.29) is 11.9 Å². The molecular formula is C13H17NO3S. The van der Waals surface area contributed by atoms with Crippen molar-refractivity contribution in [3.63, 3.8) is 0 Å². The molecule has 0 aliphatic carbocycles. The molecule has 98 valence electrons. The third kappa shape index (κ3) is 3.43. The number of rotatable bonds is 5. The molecule has 0 fully saturated rings. The summed E-state index contributed by atoms with van der Waals surface area (Å²) in [6, 6.07) is 1.91. The monoisotopic (exact) mass is 267 g/mol. The smallest absolute Gasteiger partial charge is 0.328 e. The first-order valence-corrected chi connectivity index (χ1v) is 6.61. The Hall–Kier alpha value is -1.62. The quantitative estimate of drug-likeness (QED) is 0.834. The van der Waals surface area contributed by atoms with Crippen LogP contribution in [0.25, 0.3) is 6.08 Å². The van der Waals surface area contributed by atoms with E-state index in [2.05, 4.69) is 0 Å². The van der Waals surface area contributed by atoms with Gasteiger partial charge < -0.3 is 10.0 Å². The molecule has 0 aliphatic heterocycles. The third-order valence-electron chi connectivity index (χ3n) is 2.87. The first kappa shape index (κ1) is 14.4. The van der Waals surface area contributed by atoms with Gasteiger partial charge in [0.1, 0.15) is 0 Å². The van der Waals surface area contributed by atoms with E-state index in [1.165, 1.54) is 17.4 Å². The minimum absolute atomic E-state index is 0.0654. The van der Waals surface area contributed by atoms with Crippen molar-refractivity contribution in [2.24, 2.45) is 0 Å². The molecule has 1 amide bonds. The van der Waals surface area contributed by atoms with Crippen LogP contribution >= 0.6 is 11.3 Å². The summed E-state index contributed by atoms with van der Waals surface area (Å²) < 4.78 is 0. The fraction of sp³-hybridized carbons (Fsp3) is 0.385. The second-order valence-electron chi connectivity index (χ2n) is 4.05. The van der Waals surface area contributed by atoms with Crippen LogP contribution in [0.15, 0.2) is 17.5 Å². The molecule has 4 nitrogen and oxygen atoms in total. The van der Waals surface area contributed by atoms with E-state index in [4.69, 9.17) is 5.11 Å². The van der Waals surface area contributed by atoms with Gasteiger partial charge in [0.25, 0.3) is 5.91 Å². The molecule has 0 saturated heterocycles. The molecule has 0 aliphatic rings. The van der Waals surface area contributed by atoms with Crippen LogP contribution in [0.4, 0.5) is 0 Å². The van der Waals surface area contributed by atoms with Crippen LogP contribution in [0, 0.1) is 0 Å². The standard InChI is InChI=1S/C13H17NO3S/c1-4-9(2)14(3)13(17)12-10(7-8-18-12)5-6-11(15)16/h5-9H,4H2,1-3H3,(H,15,16)/b6-5+. The Morgan fingerprint density at radius 3 is 2.78 bits per heavy atom. The van der Waals surface area contributed by atoms with Gasteiger partial charge in [0.2, 0.25) is 0 Å². The summed E-state index contributed by atoms with van der Waals surface area (Å²) in [6.07, 6.45) is 3.38. The molecule has 1 rings (SSSR count). The predicted octanol–water partition coefficient (Wildman–Crippen LogP) is 2.72. The largest absolute Gasteiger partial charge is 0.478 e. The molecule has 0 radical (unpaired) electrons. The molecule has 1 aromatic heterocycles. The zero-order chi connectivity index (χ0) is 13.7. The number of hydrogen-bond donors (Lipinski definition) is 1. The second kappa shape index (κ2) is 6.35. The van der Waals surface area contributed by atoms with Gasteiger partial charge in [-0.15, -0.1) is 11.3 Å². The summed E-state index contributed by atoms with van der Waals surface area (Å²) in [7, 11) is 1.76. The molecular weight excluding hydrogens is 250 g/mol. The Morgan fingerprint density at radius 1 is 1.56 bits per heavy atom. The van der Waals surface area contributed by atoms with Crippen LogP contribution in [0.3, 0.4) is 0 Å². The molecule has 1 unspecified atom stereocenters. The van der Waals surface area contributed by atoms with Crippen LogP contribution in [0.1, 0.15) is 35.5 Å². The summed E-state index contributed by atoms with van der Waals surface area (Å²) in [4.78, 5) is 25.0. The highest BCUT2D eigenvalue weighted by molar-refractivity contribution is 7.12. The highest BCUT2D eigenvalue weighted by atomic mass is 32.1. The zero-order valence-electron chi connectivity index (χ0n) is 10.7. The van der Waals surface area contributed by atoms with Crippen molar-refractivity contribution in [3.8, 4) is 0 Å². The maximum absolute atomic E-state index is 12.2. The van der Waals surface area contributed by atoms with E-state index < -0.39 is 5.97 Å². The molecule has 1 aromatic rings. The highest BCUT2D eigenvalue weighted by Crippen LogP contribution is 2.21. The zero-order valence-corrected chi connectivity index (χ0v) is 11.5. The van der Waals surface area contributed by atoms with Crippen LogP contribution in [-0.2, 0) is 4.79 Å². The van der Waals surface area contributed by atoms with Gasteiger partial charge in [-0.05, 0) is 36.4 Å². The van der Waals surface area contributed by atoms with Crippen LogP contribution < -0.4 is 0 Å². The van der Waals surface area contributed by atoms with E-state index in [1.54, 1.807) is 23.4 Å². The lowest BCUT2D eigenvalue weighted by Crippen LogP contribution is -2.34. The topological polar surface area (TPSA) is 57.6 Å². The summed E-state index contributed by atoms with van der Waals surface area (Å²) in [6.45, 7) is 4.01. The van der Waals surface area contributed by atoms with Crippen LogP contribution in [0.2, 0.25) is 0 Å². The lowest BCUT2D eigenvalue weighted by molar-refractivity contribution is -0.131. The number of nitrogens with zero attached hydrogens (tertiary/aromatic N) is 1. The average molecular weight is 267 g/mol. The second-order valence-corrected chi connectivity index (χ2v) is 4.97. The molecule has 0 saturated carbocycles. The number of carboxylic acid groups (broad SMARTS) is 1. The molecule has 5 heteroatoms. The molecule has 1 atom stereocenters. The third-order valence-corrected chi connectivity index (χ3v) is 3.79. The number of aliphatic carboxylic acids is 1. The Morgan fingerprint density at radius 2 is 2.22 bits per heavy atom. The normalized spacial score (nSPS) is 12.6. The Balaban J connectivity index is 2.93. The van der Waals surface area contributed by atoms with E-state index >= 15 is 0 Å². The van der Waals surface area contributed by atoms with Gasteiger partial charge in [0.15, 0.2) is 0 Å². The highest BCUT2D eigenvalue weighted by Gasteiger charge is 2.19. The molecule has 0 aromatic carbocycles. The van der Waals surface area contributed by atoms with Crippen molar-refractivity contribution in [1.29, 1.82) is 0 Å². The number of thiophene rings is 1. The first-order valence-electron chi connectivity index (χ1n) is 5.73. The maximum atomic E-state index is 12.2. The summed E-state index contributed by atoms with van der Waals surface area (Å²) in [5.74, 6) is -1.08. The average Bonchev–Trinajstić information content (AvgIpc) is 2.81. The van der Waals surface area contributed by atoms with Gasteiger partial charge in [-0.2, -0.15) is 0 Å². The lowest BCUT2D eigenvalue weighted by Gasteiger charge is -2.23. The van der Waals surface area contributed by atoms with E-state index in [1.807, 2.05) is 13.8 Å². The number of amides is 1. The van der Waals surface area contributed by atoms with Crippen molar-refractivity contribution in [3.05, 3.63) is 28.0 Å². The SMILES string of the molecule is CCC(C)N(C)C(=O)c1sccc1/C=C/C(=O)O. The number of carboxylic acids is 1. The van der Waals surface area contributed by atoms with Gasteiger partial charge >= 0.3 is 5.97 Å². The number of hydrogen-bond acceptors (Lipinski definition) is 3. The minimum Gasteiger partial charge on any atom is -0.478 e. The summed E-state index contributed by atoms with van der Waals surface area (Å²) in [5.41, 5.74) is 0.655. The molecule has 1 heterocycles. The van der Waals surface area contributed by atoms with Crippen LogP contribution in [-0.4, -0.2) is 35.0 Å². The van der Waals surface area contributed by atoms with Gasteiger partial charge in [-0.3, -0.25) is 4.79 Å². The van der Waals surface area contributed by atoms with Gasteiger partial charge in [-0.1, -0.05) is 6.92 Å². The fourth-order valence-electron chi connectivity index (χ4n) is 1.42. The van der Waals surface area contributed by atoms with Crippen molar-refractivity contribution < 1.29 is 14.7 Å². The number of carbonyl (C=O) groups is 2. The van der Waals surface area contributed by atoms with Crippen molar-refractivity contribution in [1.82, 2.24) is 4.90 Å². The Labute approximate surface area is 111 Å². The van der Waals surface area contributed by atoms with Crippen molar-refractivity contribution in [2.45, 2.75) is 26.3 Å². The predicted molar refractivity (Wildman–Crippen MR) is 72.8 cm³/mol. The summed E-state index contributed by atoms with van der Waals surface area (Å²) in [5, 5.41) is 10.4. The molecule has 18 heavy (non-hydrogen) atoms.